The van der Waals surface area contributed by atoms with Crippen molar-refractivity contribution in [1.29, 1.82) is 0 Å². The maximum Gasteiger partial charge on any atom is 0.342 e. The van der Waals surface area contributed by atoms with Crippen LogP contribution >= 0.6 is 0 Å². The number of ether oxygens (including phenoxy) is 1. The quantitative estimate of drug-likeness (QED) is 0.436. The van der Waals surface area contributed by atoms with Crippen LogP contribution in [0.4, 0.5) is 0 Å². The number of nitrogens with one attached hydrogen (secondary N) is 3. The van der Waals surface area contributed by atoms with E-state index in [-0.39, 0.29) is 18.5 Å². The van der Waals surface area contributed by atoms with E-state index >= 15 is 0 Å². The smallest absolute Gasteiger partial charge is 0.342 e. The van der Waals surface area contributed by atoms with E-state index in [1.54, 1.807) is 7.11 Å². The first-order valence-electron chi connectivity index (χ1n) is 8.14. The lowest BCUT2D eigenvalue weighted by molar-refractivity contribution is -0.121. The van der Waals surface area contributed by atoms with Crippen LogP contribution in [0.1, 0.15) is 17.7 Å². The molecule has 3 rings (SSSR count). The molecule has 0 spiro atoms. The molecule has 0 aliphatic carbocycles. The monoisotopic (exact) mass is 367 g/mol. The van der Waals surface area contributed by atoms with Crippen LogP contribution in [0.3, 0.4) is 0 Å². The Morgan fingerprint density at radius 3 is 2.85 bits per heavy atom. The Hall–Kier alpha value is -3.75. The van der Waals surface area contributed by atoms with Gasteiger partial charge in [0.1, 0.15) is 11.4 Å². The number of hydrogen-bond acceptors (Lipinski definition) is 6. The summed E-state index contributed by atoms with van der Waals surface area (Å²) in [6.07, 6.45) is 1.58. The summed E-state index contributed by atoms with van der Waals surface area (Å²) in [5.41, 5.74) is 1.92. The van der Waals surface area contributed by atoms with Crippen molar-refractivity contribution >= 4 is 22.9 Å². The van der Waals surface area contributed by atoms with Crippen LogP contribution in [0.2, 0.25) is 0 Å². The van der Waals surface area contributed by atoms with Crippen molar-refractivity contribution < 1.29 is 9.53 Å². The minimum atomic E-state index is -0.693. The molecule has 0 fully saturated rings. The second-order valence-corrected chi connectivity index (χ2v) is 5.65. The number of amides is 1. The summed E-state index contributed by atoms with van der Waals surface area (Å²) in [7, 11) is 1.56. The summed E-state index contributed by atoms with van der Waals surface area (Å²) in [5.74, 6) is 0.244. The number of carbonyl (C=O) groups is 1. The number of fused-ring (bicyclic) bond motifs is 1. The molecule has 3 N–H and O–H groups in total. The van der Waals surface area contributed by atoms with Gasteiger partial charge < -0.3 is 4.74 Å². The minimum Gasteiger partial charge on any atom is -0.496 e. The fourth-order valence-electron chi connectivity index (χ4n) is 2.59. The Morgan fingerprint density at radius 2 is 2.07 bits per heavy atom. The minimum absolute atomic E-state index is 0.00780. The molecule has 2 aromatic carbocycles. The van der Waals surface area contributed by atoms with Gasteiger partial charge in [0.25, 0.3) is 5.56 Å². The number of aromatic nitrogens is 3. The highest BCUT2D eigenvalue weighted by Gasteiger charge is 2.08. The molecule has 9 heteroatoms. The maximum atomic E-state index is 11.9. The number of aromatic amines is 2. The van der Waals surface area contributed by atoms with Crippen LogP contribution in [0.15, 0.2) is 51.1 Å². The number of rotatable bonds is 6. The highest BCUT2D eigenvalue weighted by Crippen LogP contribution is 2.26. The summed E-state index contributed by atoms with van der Waals surface area (Å²) < 4.78 is 5.36. The number of H-pyrrole nitrogens is 2. The van der Waals surface area contributed by atoms with Crippen molar-refractivity contribution in [2.24, 2.45) is 5.10 Å². The average molecular weight is 367 g/mol. The van der Waals surface area contributed by atoms with E-state index in [0.29, 0.717) is 5.75 Å². The average Bonchev–Trinajstić information content (AvgIpc) is 2.67. The largest absolute Gasteiger partial charge is 0.496 e. The second-order valence-electron chi connectivity index (χ2n) is 5.65. The molecule has 0 aliphatic heterocycles. The SMILES string of the molecule is COc1ccc2ccccc2c1/C=N/NC(=O)CCc1n[nH]c(=O)[nH]c1=O. The molecule has 0 aliphatic rings. The van der Waals surface area contributed by atoms with Crippen LogP contribution < -0.4 is 21.4 Å². The van der Waals surface area contributed by atoms with Crippen molar-refractivity contribution in [3.63, 3.8) is 0 Å². The predicted octanol–water partition coefficient (Wildman–Crippen LogP) is 0.703. The van der Waals surface area contributed by atoms with Crippen LogP contribution in [0.25, 0.3) is 10.8 Å². The van der Waals surface area contributed by atoms with Crippen molar-refractivity contribution in [3.8, 4) is 5.75 Å². The van der Waals surface area contributed by atoms with Gasteiger partial charge in [0.05, 0.1) is 13.3 Å². The topological polar surface area (TPSA) is 129 Å². The zero-order chi connectivity index (χ0) is 19.2. The highest BCUT2D eigenvalue weighted by molar-refractivity contribution is 6.02. The van der Waals surface area contributed by atoms with Crippen LogP contribution in [-0.2, 0) is 11.2 Å². The van der Waals surface area contributed by atoms with Gasteiger partial charge >= 0.3 is 5.69 Å². The van der Waals surface area contributed by atoms with E-state index in [4.69, 9.17) is 4.74 Å². The third kappa shape index (κ3) is 4.27. The summed E-state index contributed by atoms with van der Waals surface area (Å²) in [6, 6.07) is 11.5. The predicted molar refractivity (Wildman–Crippen MR) is 100 cm³/mol. The lowest BCUT2D eigenvalue weighted by Gasteiger charge is -2.08. The normalized spacial score (nSPS) is 11.0. The molecule has 0 saturated heterocycles. The molecule has 0 atom stereocenters. The first-order valence-corrected chi connectivity index (χ1v) is 8.14. The summed E-state index contributed by atoms with van der Waals surface area (Å²) >= 11 is 0. The first-order chi connectivity index (χ1) is 13.1. The maximum absolute atomic E-state index is 11.9. The van der Waals surface area contributed by atoms with Crippen molar-refractivity contribution in [1.82, 2.24) is 20.6 Å². The summed E-state index contributed by atoms with van der Waals surface area (Å²) in [5, 5.41) is 11.7. The van der Waals surface area contributed by atoms with Gasteiger partial charge in [0, 0.05) is 18.4 Å². The van der Waals surface area contributed by atoms with E-state index in [2.05, 4.69) is 25.7 Å². The number of nitrogens with zero attached hydrogens (tertiary/aromatic N) is 2. The van der Waals surface area contributed by atoms with E-state index in [0.717, 1.165) is 16.3 Å². The van der Waals surface area contributed by atoms with Gasteiger partial charge in [-0.15, -0.1) is 0 Å². The van der Waals surface area contributed by atoms with Crippen molar-refractivity contribution in [2.45, 2.75) is 12.8 Å². The fraction of sp³-hybridized carbons (Fsp3) is 0.167. The fourth-order valence-corrected chi connectivity index (χ4v) is 2.59. The molecule has 138 valence electrons. The molecule has 27 heavy (non-hydrogen) atoms. The third-order valence-corrected chi connectivity index (χ3v) is 3.90. The van der Waals surface area contributed by atoms with Crippen LogP contribution in [0.5, 0.6) is 5.75 Å². The molecule has 3 aromatic rings. The van der Waals surface area contributed by atoms with E-state index in [9.17, 15) is 14.4 Å². The first kappa shape index (κ1) is 18.1. The number of benzene rings is 2. The molecule has 0 radical (unpaired) electrons. The lowest BCUT2D eigenvalue weighted by Crippen LogP contribution is -2.28. The number of methoxy groups -OCH3 is 1. The molecule has 9 nitrogen and oxygen atoms in total. The Balaban J connectivity index is 1.68. The number of hydrogen-bond donors (Lipinski definition) is 3. The van der Waals surface area contributed by atoms with Crippen LogP contribution in [-0.4, -0.2) is 34.4 Å². The van der Waals surface area contributed by atoms with Crippen LogP contribution in [0, 0.1) is 0 Å². The van der Waals surface area contributed by atoms with Gasteiger partial charge in [-0.3, -0.25) is 14.6 Å². The van der Waals surface area contributed by atoms with Gasteiger partial charge in [-0.05, 0) is 16.8 Å². The molecule has 0 bridgehead atoms. The standard InChI is InChI=1S/C18H17N5O4/c1-27-15-8-6-11-4-2-3-5-12(11)13(15)10-19-22-16(24)9-7-14-17(25)20-18(26)23-21-14/h2-6,8,10H,7,9H2,1H3,(H,22,24)(H2,20,23,25,26)/b19-10+. The van der Waals surface area contributed by atoms with Gasteiger partial charge in [-0.1, -0.05) is 30.3 Å². The zero-order valence-corrected chi connectivity index (χ0v) is 14.5. The Kier molecular flexibility index (Phi) is 5.41. The lowest BCUT2D eigenvalue weighted by atomic mass is 10.0. The second kappa shape index (κ2) is 8.09. The third-order valence-electron chi connectivity index (χ3n) is 3.90. The van der Waals surface area contributed by atoms with E-state index in [1.807, 2.05) is 36.4 Å². The summed E-state index contributed by atoms with van der Waals surface area (Å²) in [4.78, 5) is 36.4. The number of carbonyl (C=O) groups excluding carboxylic acids is 1. The Bertz CT molecular complexity index is 1120. The van der Waals surface area contributed by atoms with Gasteiger partial charge in [0.2, 0.25) is 5.91 Å². The molecule has 0 unspecified atom stereocenters. The number of hydrazone groups is 1. The summed E-state index contributed by atoms with van der Waals surface area (Å²) in [6.45, 7) is 0. The zero-order valence-electron chi connectivity index (χ0n) is 14.5. The van der Waals surface area contributed by atoms with Crippen molar-refractivity contribution in [3.05, 3.63) is 68.5 Å². The molecule has 1 aromatic heterocycles. The van der Waals surface area contributed by atoms with E-state index < -0.39 is 17.2 Å². The molecular formula is C18H17N5O4. The molecule has 1 heterocycles. The Morgan fingerprint density at radius 1 is 1.26 bits per heavy atom. The van der Waals surface area contributed by atoms with E-state index in [1.165, 1.54) is 6.21 Å². The van der Waals surface area contributed by atoms with Gasteiger partial charge in [-0.25, -0.2) is 15.3 Å². The Labute approximate surface area is 153 Å². The van der Waals surface area contributed by atoms with Gasteiger partial charge in [-0.2, -0.15) is 10.2 Å². The molecule has 1 amide bonds. The van der Waals surface area contributed by atoms with Gasteiger partial charge in [0.15, 0.2) is 0 Å². The molecule has 0 saturated carbocycles. The number of aryl methyl sites for hydroxylation is 1. The molecular weight excluding hydrogens is 350 g/mol. The van der Waals surface area contributed by atoms with Crippen molar-refractivity contribution in [2.75, 3.05) is 7.11 Å². The highest BCUT2D eigenvalue weighted by atomic mass is 16.5.